The van der Waals surface area contributed by atoms with Crippen molar-refractivity contribution in [2.24, 2.45) is 0 Å². The maximum atomic E-state index is 5.30. The van der Waals surface area contributed by atoms with Gasteiger partial charge < -0.3 is 5.73 Å². The maximum absolute atomic E-state index is 5.30. The van der Waals surface area contributed by atoms with Gasteiger partial charge in [-0.15, -0.1) is 6.07 Å². The van der Waals surface area contributed by atoms with Crippen molar-refractivity contribution >= 4 is 5.69 Å². The summed E-state index contributed by atoms with van der Waals surface area (Å²) in [6.07, 6.45) is 0. The molecule has 0 saturated heterocycles. The molecule has 74 valence electrons. The summed E-state index contributed by atoms with van der Waals surface area (Å²) >= 11 is 0. The van der Waals surface area contributed by atoms with Crippen LogP contribution in [0.3, 0.4) is 0 Å². The predicted octanol–water partition coefficient (Wildman–Crippen LogP) is 2.55. The molecule has 0 amide bonds. The van der Waals surface area contributed by atoms with Gasteiger partial charge in [-0.05, 0) is 0 Å². The van der Waals surface area contributed by atoms with Gasteiger partial charge in [0.25, 0.3) is 0 Å². The van der Waals surface area contributed by atoms with E-state index in [0.717, 1.165) is 0 Å². The van der Waals surface area contributed by atoms with Crippen molar-refractivity contribution in [1.29, 1.82) is 0 Å². The molecule has 2 heteroatoms. The number of rotatable bonds is 0. The fourth-order valence-electron chi connectivity index (χ4n) is 0.749. The van der Waals surface area contributed by atoms with Crippen LogP contribution in [-0.4, -0.2) is 0 Å². The summed E-state index contributed by atoms with van der Waals surface area (Å²) in [5.41, 5.74) is 6.00. The van der Waals surface area contributed by atoms with Crippen LogP contribution < -0.4 is 5.73 Å². The summed E-state index contributed by atoms with van der Waals surface area (Å²) in [5.74, 6) is 0. The largest absolute Gasteiger partial charge is 2.00 e. The molecule has 2 aromatic rings. The summed E-state index contributed by atoms with van der Waals surface area (Å²) in [7, 11) is 0. The second-order valence-electron chi connectivity index (χ2n) is 2.40. The van der Waals surface area contributed by atoms with Gasteiger partial charge in [-0.25, -0.2) is 0 Å². The molecule has 0 radical (unpaired) electrons. The number of hydrogen-bond acceptors (Lipinski definition) is 1. The van der Waals surface area contributed by atoms with Crippen molar-refractivity contribution in [3.05, 3.63) is 66.7 Å². The maximum Gasteiger partial charge on any atom is 2.00 e. The molecule has 0 aliphatic heterocycles. The molecule has 2 rings (SSSR count). The van der Waals surface area contributed by atoms with Crippen LogP contribution in [0, 0.1) is 12.1 Å². The number of nitrogens with two attached hydrogens (primary N) is 1. The van der Waals surface area contributed by atoms with E-state index in [1.54, 1.807) is 12.1 Å². The molecule has 1 nitrogen and oxygen atoms in total. The Balaban J connectivity index is 0.000000227. The summed E-state index contributed by atoms with van der Waals surface area (Å²) < 4.78 is 0. The Labute approximate surface area is 98.6 Å². The van der Waals surface area contributed by atoms with Crippen LogP contribution in [0.2, 0.25) is 0 Å². The standard InChI is InChI=1S/C6H6N.C6H5.Pd/c7-6-4-2-1-3-5-6;1-2-4-6-5-3-1;/h1-4H,7H2;1-5H;/q2*-1;+2. The third-order valence-electron chi connectivity index (χ3n) is 1.34. The fraction of sp³-hybridized carbons (Fsp3) is 0. The second-order valence-corrected chi connectivity index (χ2v) is 2.40. The fourth-order valence-corrected chi connectivity index (χ4v) is 0.749. The number of anilines is 1. The van der Waals surface area contributed by atoms with Crippen molar-refractivity contribution in [3.8, 4) is 0 Å². The van der Waals surface area contributed by atoms with Gasteiger partial charge in [-0.3, -0.25) is 0 Å². The molecular weight excluding hydrogens is 265 g/mol. The zero-order valence-corrected chi connectivity index (χ0v) is 9.14. The van der Waals surface area contributed by atoms with Crippen LogP contribution >= 0.6 is 0 Å². The molecule has 14 heavy (non-hydrogen) atoms. The molecule has 0 fully saturated rings. The molecule has 0 aliphatic rings. The number of benzene rings is 2. The van der Waals surface area contributed by atoms with E-state index in [-0.39, 0.29) is 20.4 Å². The van der Waals surface area contributed by atoms with Gasteiger partial charge in [0, 0.05) is 0 Å². The Bertz CT molecular complexity index is 281. The molecule has 0 spiro atoms. The normalized spacial score (nSPS) is 7.71. The zero-order chi connectivity index (χ0) is 9.36. The number of para-hydroxylation sites is 1. The molecule has 0 aromatic heterocycles. The summed E-state index contributed by atoms with van der Waals surface area (Å²) in [6, 6.07) is 22.7. The molecule has 0 heterocycles. The van der Waals surface area contributed by atoms with Crippen LogP contribution in [0.5, 0.6) is 0 Å². The van der Waals surface area contributed by atoms with E-state index in [2.05, 4.69) is 12.1 Å². The first-order chi connectivity index (χ1) is 6.39. The Kier molecular flexibility index (Phi) is 7.83. The minimum Gasteiger partial charge on any atom is -0.420 e. The second kappa shape index (κ2) is 8.50. The van der Waals surface area contributed by atoms with Gasteiger partial charge in [0.1, 0.15) is 0 Å². The summed E-state index contributed by atoms with van der Waals surface area (Å²) in [6.45, 7) is 0. The first-order valence-electron chi connectivity index (χ1n) is 4.03. The van der Waals surface area contributed by atoms with Crippen LogP contribution in [0.15, 0.2) is 54.6 Å². The smallest absolute Gasteiger partial charge is 0.420 e. The van der Waals surface area contributed by atoms with E-state index in [4.69, 9.17) is 5.73 Å². The molecule has 2 aromatic carbocycles. The molecule has 0 saturated carbocycles. The van der Waals surface area contributed by atoms with E-state index in [9.17, 15) is 0 Å². The van der Waals surface area contributed by atoms with E-state index in [1.165, 1.54) is 0 Å². The van der Waals surface area contributed by atoms with E-state index in [1.807, 2.05) is 42.5 Å². The van der Waals surface area contributed by atoms with Gasteiger partial charge in [0.05, 0.1) is 0 Å². The monoisotopic (exact) mass is 275 g/mol. The van der Waals surface area contributed by atoms with Crippen molar-refractivity contribution in [2.75, 3.05) is 5.73 Å². The van der Waals surface area contributed by atoms with Crippen LogP contribution in [0.25, 0.3) is 0 Å². The first-order valence-corrected chi connectivity index (χ1v) is 4.03. The molecule has 0 unspecified atom stereocenters. The Hall–Kier alpha value is -1.10. The van der Waals surface area contributed by atoms with Crippen LogP contribution in [0.1, 0.15) is 0 Å². The van der Waals surface area contributed by atoms with Gasteiger partial charge in [-0.2, -0.15) is 60.7 Å². The first kappa shape index (κ1) is 12.9. The Morgan fingerprint density at radius 3 is 1.71 bits per heavy atom. The SMILES string of the molecule is Nc1[c-]cccc1.[Pd+2].[c-]1ccccc1. The number of nitrogen functional groups attached to an aromatic ring is 1. The molecule has 0 bridgehead atoms. The molecule has 0 aliphatic carbocycles. The quantitative estimate of drug-likeness (QED) is 0.446. The van der Waals surface area contributed by atoms with Crippen molar-refractivity contribution in [1.82, 2.24) is 0 Å². The minimum absolute atomic E-state index is 0. The van der Waals surface area contributed by atoms with Gasteiger partial charge in [0.2, 0.25) is 0 Å². The van der Waals surface area contributed by atoms with E-state index in [0.29, 0.717) is 5.69 Å². The van der Waals surface area contributed by atoms with Gasteiger partial charge in [-0.1, -0.05) is 5.69 Å². The number of hydrogen-bond donors (Lipinski definition) is 1. The van der Waals surface area contributed by atoms with Crippen molar-refractivity contribution in [3.63, 3.8) is 0 Å². The summed E-state index contributed by atoms with van der Waals surface area (Å²) in [4.78, 5) is 0. The minimum atomic E-state index is 0. The summed E-state index contributed by atoms with van der Waals surface area (Å²) in [5, 5.41) is 0. The zero-order valence-electron chi connectivity index (χ0n) is 7.59. The third kappa shape index (κ3) is 6.42. The van der Waals surface area contributed by atoms with Gasteiger partial charge >= 0.3 is 20.4 Å². The van der Waals surface area contributed by atoms with Crippen LogP contribution in [-0.2, 0) is 20.4 Å². The Morgan fingerprint density at radius 1 is 0.857 bits per heavy atom. The predicted molar refractivity (Wildman–Crippen MR) is 55.0 cm³/mol. The van der Waals surface area contributed by atoms with Crippen molar-refractivity contribution in [2.45, 2.75) is 0 Å². The van der Waals surface area contributed by atoms with Gasteiger partial charge in [0.15, 0.2) is 0 Å². The third-order valence-corrected chi connectivity index (χ3v) is 1.34. The van der Waals surface area contributed by atoms with Crippen molar-refractivity contribution < 1.29 is 20.4 Å². The average Bonchev–Trinajstić information content (AvgIpc) is 2.22. The van der Waals surface area contributed by atoms with E-state index >= 15 is 0 Å². The van der Waals surface area contributed by atoms with E-state index < -0.39 is 0 Å². The molecule has 0 atom stereocenters. The topological polar surface area (TPSA) is 26.0 Å². The molecular formula is C12H11NPd. The molecule has 2 N–H and O–H groups in total. The average molecular weight is 276 g/mol. The Morgan fingerprint density at radius 2 is 1.50 bits per heavy atom. The van der Waals surface area contributed by atoms with Crippen LogP contribution in [0.4, 0.5) is 5.69 Å².